The lowest BCUT2D eigenvalue weighted by Gasteiger charge is -2.23. The van der Waals surface area contributed by atoms with Crippen molar-refractivity contribution in [1.29, 1.82) is 0 Å². The second-order valence-corrected chi connectivity index (χ2v) is 6.17. The maximum Gasteiger partial charge on any atom is 0.323 e. The molecule has 2 aromatic rings. The topological polar surface area (TPSA) is 94.9 Å². The Kier molecular flexibility index (Phi) is 4.77. The Hall–Kier alpha value is -3.12. The van der Waals surface area contributed by atoms with Gasteiger partial charge in [-0.15, -0.1) is 0 Å². The van der Waals surface area contributed by atoms with E-state index < -0.39 is 30.2 Å². The van der Waals surface area contributed by atoms with E-state index in [0.29, 0.717) is 16.1 Å². The van der Waals surface area contributed by atoms with E-state index in [-0.39, 0.29) is 11.3 Å². The van der Waals surface area contributed by atoms with Crippen LogP contribution < -0.4 is 0 Å². The predicted molar refractivity (Wildman–Crippen MR) is 94.5 cm³/mol. The summed E-state index contributed by atoms with van der Waals surface area (Å²) >= 11 is 5.84. The maximum absolute atomic E-state index is 12.5. The van der Waals surface area contributed by atoms with Gasteiger partial charge in [0, 0.05) is 10.6 Å². The molecule has 1 heterocycles. The standard InChI is InChI=1S/C19H14ClNO5/c20-13-8-6-12(7-9-13)17(24)15-16(11-4-2-1-3-5-11)21(10-14(22)23)19(26)18(15)25/h1-9,16,24H,10H2,(H,22,23)/b17-15-. The van der Waals surface area contributed by atoms with Crippen LogP contribution in [-0.4, -0.2) is 39.3 Å². The van der Waals surface area contributed by atoms with E-state index in [9.17, 15) is 19.5 Å². The van der Waals surface area contributed by atoms with Crippen molar-refractivity contribution in [2.45, 2.75) is 6.04 Å². The molecule has 1 amide bonds. The highest BCUT2D eigenvalue weighted by molar-refractivity contribution is 6.46. The number of ketones is 1. The van der Waals surface area contributed by atoms with Crippen LogP contribution in [0, 0.1) is 0 Å². The molecule has 1 atom stereocenters. The van der Waals surface area contributed by atoms with Crippen LogP contribution in [0.4, 0.5) is 0 Å². The van der Waals surface area contributed by atoms with Gasteiger partial charge in [0.2, 0.25) is 0 Å². The molecule has 3 rings (SSSR count). The Morgan fingerprint density at radius 2 is 1.62 bits per heavy atom. The zero-order valence-electron chi connectivity index (χ0n) is 13.4. The van der Waals surface area contributed by atoms with Gasteiger partial charge in [0.15, 0.2) is 0 Å². The molecule has 1 fully saturated rings. The number of carboxylic acids is 1. The monoisotopic (exact) mass is 371 g/mol. The molecular weight excluding hydrogens is 358 g/mol. The van der Waals surface area contributed by atoms with Crippen molar-refractivity contribution in [3.8, 4) is 0 Å². The van der Waals surface area contributed by atoms with Gasteiger partial charge in [0.25, 0.3) is 11.7 Å². The molecule has 132 valence electrons. The maximum atomic E-state index is 12.5. The van der Waals surface area contributed by atoms with Crippen molar-refractivity contribution >= 4 is 35.0 Å². The minimum absolute atomic E-state index is 0.148. The Morgan fingerprint density at radius 3 is 2.19 bits per heavy atom. The smallest absolute Gasteiger partial charge is 0.323 e. The van der Waals surface area contributed by atoms with Gasteiger partial charge in [-0.1, -0.05) is 41.9 Å². The van der Waals surface area contributed by atoms with Gasteiger partial charge in [-0.05, 0) is 29.8 Å². The number of rotatable bonds is 4. The summed E-state index contributed by atoms with van der Waals surface area (Å²) in [4.78, 5) is 37.0. The number of halogens is 1. The van der Waals surface area contributed by atoms with E-state index in [4.69, 9.17) is 16.7 Å². The number of carboxylic acid groups (broad SMARTS) is 1. The van der Waals surface area contributed by atoms with E-state index >= 15 is 0 Å². The first-order valence-electron chi connectivity index (χ1n) is 7.71. The molecule has 2 N–H and O–H groups in total. The van der Waals surface area contributed by atoms with Crippen LogP contribution in [0.3, 0.4) is 0 Å². The lowest BCUT2D eigenvalue weighted by atomic mass is 9.95. The normalized spacial score (nSPS) is 19.0. The number of aliphatic hydroxyl groups is 1. The summed E-state index contributed by atoms with van der Waals surface area (Å²) in [7, 11) is 0. The summed E-state index contributed by atoms with van der Waals surface area (Å²) in [6, 6.07) is 13.6. The third-order valence-corrected chi connectivity index (χ3v) is 4.33. The molecule has 7 heteroatoms. The van der Waals surface area contributed by atoms with Gasteiger partial charge >= 0.3 is 5.97 Å². The highest BCUT2D eigenvalue weighted by Crippen LogP contribution is 2.39. The predicted octanol–water partition coefficient (Wildman–Crippen LogP) is 2.85. The Bertz CT molecular complexity index is 905. The van der Waals surface area contributed by atoms with Crippen molar-refractivity contribution in [3.05, 3.63) is 76.3 Å². The highest BCUT2D eigenvalue weighted by Gasteiger charge is 2.46. The zero-order chi connectivity index (χ0) is 18.8. The van der Waals surface area contributed by atoms with Crippen LogP contribution in [0.1, 0.15) is 17.2 Å². The van der Waals surface area contributed by atoms with Crippen molar-refractivity contribution in [2.24, 2.45) is 0 Å². The summed E-state index contributed by atoms with van der Waals surface area (Å²) in [6.45, 7) is -0.651. The fraction of sp³-hybridized carbons (Fsp3) is 0.105. The largest absolute Gasteiger partial charge is 0.507 e. The first-order valence-corrected chi connectivity index (χ1v) is 8.09. The average Bonchev–Trinajstić information content (AvgIpc) is 2.87. The van der Waals surface area contributed by atoms with Gasteiger partial charge in [-0.25, -0.2) is 0 Å². The summed E-state index contributed by atoms with van der Waals surface area (Å²) in [5.41, 5.74) is 0.692. The average molecular weight is 372 g/mol. The number of carbonyl (C=O) groups is 3. The number of carbonyl (C=O) groups excluding carboxylic acids is 2. The number of likely N-dealkylation sites (tertiary alicyclic amines) is 1. The second kappa shape index (κ2) is 7.01. The van der Waals surface area contributed by atoms with Crippen LogP contribution in [-0.2, 0) is 14.4 Å². The minimum Gasteiger partial charge on any atom is -0.507 e. The van der Waals surface area contributed by atoms with E-state index in [0.717, 1.165) is 4.90 Å². The summed E-state index contributed by atoms with van der Waals surface area (Å²) in [6.07, 6.45) is 0. The Balaban J connectivity index is 2.18. The number of hydrogen-bond donors (Lipinski definition) is 2. The molecule has 1 unspecified atom stereocenters. The molecule has 0 spiro atoms. The first-order chi connectivity index (χ1) is 12.4. The van der Waals surface area contributed by atoms with Crippen LogP contribution in [0.5, 0.6) is 0 Å². The number of aliphatic carboxylic acids is 1. The summed E-state index contributed by atoms with van der Waals surface area (Å²) in [5.74, 6) is -3.51. The molecule has 0 radical (unpaired) electrons. The van der Waals surface area contributed by atoms with Gasteiger partial charge in [-0.3, -0.25) is 14.4 Å². The molecule has 1 aliphatic heterocycles. The van der Waals surface area contributed by atoms with Crippen LogP contribution >= 0.6 is 11.6 Å². The number of aliphatic hydroxyl groups excluding tert-OH is 1. The lowest BCUT2D eigenvalue weighted by molar-refractivity contribution is -0.146. The fourth-order valence-electron chi connectivity index (χ4n) is 2.93. The van der Waals surface area contributed by atoms with Gasteiger partial charge < -0.3 is 15.1 Å². The zero-order valence-corrected chi connectivity index (χ0v) is 14.2. The number of Topliss-reactive ketones (excluding diaryl/α,β-unsaturated/α-hetero) is 1. The fourth-order valence-corrected chi connectivity index (χ4v) is 3.06. The van der Waals surface area contributed by atoms with E-state index in [1.165, 1.54) is 12.1 Å². The molecule has 0 aliphatic carbocycles. The molecule has 0 saturated carbocycles. The van der Waals surface area contributed by atoms with Crippen molar-refractivity contribution in [1.82, 2.24) is 4.90 Å². The highest BCUT2D eigenvalue weighted by atomic mass is 35.5. The van der Waals surface area contributed by atoms with Crippen molar-refractivity contribution in [3.63, 3.8) is 0 Å². The van der Waals surface area contributed by atoms with Gasteiger partial charge in [0.05, 0.1) is 11.6 Å². The van der Waals surface area contributed by atoms with Crippen molar-refractivity contribution < 1.29 is 24.6 Å². The summed E-state index contributed by atoms with van der Waals surface area (Å²) in [5, 5.41) is 20.2. The van der Waals surface area contributed by atoms with Gasteiger partial charge in [0.1, 0.15) is 12.3 Å². The number of hydrogen-bond acceptors (Lipinski definition) is 4. The summed E-state index contributed by atoms with van der Waals surface area (Å²) < 4.78 is 0. The van der Waals surface area contributed by atoms with Gasteiger partial charge in [-0.2, -0.15) is 0 Å². The molecule has 1 aliphatic rings. The lowest BCUT2D eigenvalue weighted by Crippen LogP contribution is -2.34. The third kappa shape index (κ3) is 3.19. The van der Waals surface area contributed by atoms with E-state index in [1.807, 2.05) is 0 Å². The van der Waals surface area contributed by atoms with Crippen LogP contribution in [0.25, 0.3) is 5.76 Å². The SMILES string of the molecule is O=C(O)CN1C(=O)C(=O)/C(=C(\O)c2ccc(Cl)cc2)C1c1ccccc1. The molecule has 26 heavy (non-hydrogen) atoms. The molecule has 1 saturated heterocycles. The Morgan fingerprint density at radius 1 is 1.00 bits per heavy atom. The van der Waals surface area contributed by atoms with Crippen molar-refractivity contribution in [2.75, 3.05) is 6.54 Å². The Labute approximate surface area is 153 Å². The minimum atomic E-state index is -1.25. The first kappa shape index (κ1) is 17.7. The second-order valence-electron chi connectivity index (χ2n) is 5.74. The van der Waals surface area contributed by atoms with E-state index in [1.54, 1.807) is 42.5 Å². The molecule has 0 bridgehead atoms. The molecular formula is C19H14ClNO5. The van der Waals surface area contributed by atoms with E-state index in [2.05, 4.69) is 0 Å². The number of nitrogens with zero attached hydrogens (tertiary/aromatic N) is 1. The number of amides is 1. The molecule has 0 aromatic heterocycles. The number of benzene rings is 2. The third-order valence-electron chi connectivity index (χ3n) is 4.08. The molecule has 2 aromatic carbocycles. The van der Waals surface area contributed by atoms with Crippen LogP contribution in [0.15, 0.2) is 60.2 Å². The quantitative estimate of drug-likeness (QED) is 0.489. The van der Waals surface area contributed by atoms with Crippen LogP contribution in [0.2, 0.25) is 5.02 Å². The molecule has 6 nitrogen and oxygen atoms in total.